The Kier molecular flexibility index (Phi) is 6.27. The minimum atomic E-state index is -0.936. The van der Waals surface area contributed by atoms with Crippen LogP contribution in [0, 0.1) is 5.92 Å². The molecule has 0 radical (unpaired) electrons. The number of nitrogens with one attached hydrogen (secondary N) is 1. The summed E-state index contributed by atoms with van der Waals surface area (Å²) in [4.78, 5) is 42.6. The number of fused-ring (bicyclic) bond motifs is 3. The largest absolute Gasteiger partial charge is 0.341 e. The first-order chi connectivity index (χ1) is 15.9. The van der Waals surface area contributed by atoms with Gasteiger partial charge in [0, 0.05) is 26.2 Å². The third-order valence-electron chi connectivity index (χ3n) is 6.09. The number of likely N-dealkylation sites (N-methyl/N-ethyl adjacent to an activating group) is 1. The average Bonchev–Trinajstić information content (AvgIpc) is 2.93. The van der Waals surface area contributed by atoms with Crippen LogP contribution in [0.2, 0.25) is 0 Å². The van der Waals surface area contributed by atoms with Gasteiger partial charge in [0.25, 0.3) is 5.91 Å². The van der Waals surface area contributed by atoms with Crippen molar-refractivity contribution in [2.75, 3.05) is 19.0 Å². The normalized spacial score (nSPS) is 15.7. The highest BCUT2D eigenvalue weighted by molar-refractivity contribution is 6.07. The first-order valence-corrected chi connectivity index (χ1v) is 10.9. The van der Waals surface area contributed by atoms with Crippen LogP contribution >= 0.6 is 0 Å². The van der Waals surface area contributed by atoms with Crippen LogP contribution in [0.1, 0.15) is 24.1 Å². The van der Waals surface area contributed by atoms with Gasteiger partial charge in [-0.05, 0) is 29.7 Å². The van der Waals surface area contributed by atoms with Crippen LogP contribution in [-0.4, -0.2) is 36.7 Å². The number of rotatable bonds is 5. The lowest BCUT2D eigenvalue weighted by Gasteiger charge is -2.25. The lowest BCUT2D eigenvalue weighted by molar-refractivity contribution is -0.142. The highest BCUT2D eigenvalue weighted by Crippen LogP contribution is 2.39. The lowest BCUT2D eigenvalue weighted by Crippen LogP contribution is -2.46. The zero-order valence-electron chi connectivity index (χ0n) is 19.0. The van der Waals surface area contributed by atoms with E-state index in [-0.39, 0.29) is 11.8 Å². The molecule has 33 heavy (non-hydrogen) atoms. The van der Waals surface area contributed by atoms with Gasteiger partial charge in [0.1, 0.15) is 12.0 Å². The molecular weight excluding hydrogens is 414 g/mol. The molecule has 6 heteroatoms. The maximum Gasteiger partial charge on any atom is 0.253 e. The van der Waals surface area contributed by atoms with Crippen LogP contribution in [0.3, 0.4) is 0 Å². The lowest BCUT2D eigenvalue weighted by atomic mass is 9.95. The second-order valence-electron chi connectivity index (χ2n) is 8.34. The summed E-state index contributed by atoms with van der Waals surface area (Å²) in [5.74, 6) is -1.97. The minimum Gasteiger partial charge on any atom is -0.341 e. The first kappa shape index (κ1) is 22.3. The molecule has 3 aromatic rings. The summed E-state index contributed by atoms with van der Waals surface area (Å²) in [5.41, 5.74) is 4.28. The molecule has 2 unspecified atom stereocenters. The standard InChI is InChI=1S/C27H27N3O3/c1-18(26(32)29(2)17-19-11-5-4-6-12-19)25(31)28-24-22-15-8-7-13-20(22)21-14-9-10-16-23(21)30(3)27(24)33/h4-16,18,24H,17H2,1-3H3,(H,28,31). The van der Waals surface area contributed by atoms with E-state index < -0.39 is 17.9 Å². The summed E-state index contributed by atoms with van der Waals surface area (Å²) in [6.45, 7) is 1.98. The molecule has 2 atom stereocenters. The molecule has 3 aromatic carbocycles. The van der Waals surface area contributed by atoms with Gasteiger partial charge in [0.05, 0.1) is 5.69 Å². The van der Waals surface area contributed by atoms with E-state index >= 15 is 0 Å². The molecule has 4 rings (SSSR count). The number of amides is 3. The number of carbonyl (C=O) groups is 3. The molecule has 1 aliphatic heterocycles. The second-order valence-corrected chi connectivity index (χ2v) is 8.34. The smallest absolute Gasteiger partial charge is 0.253 e. The van der Waals surface area contributed by atoms with Gasteiger partial charge in [0.15, 0.2) is 0 Å². The minimum absolute atomic E-state index is 0.252. The fourth-order valence-corrected chi connectivity index (χ4v) is 4.22. The number of carbonyl (C=O) groups excluding carboxylic acids is 3. The summed E-state index contributed by atoms with van der Waals surface area (Å²) in [7, 11) is 3.38. The van der Waals surface area contributed by atoms with Crippen molar-refractivity contribution in [2.45, 2.75) is 19.5 Å². The van der Waals surface area contributed by atoms with Crippen molar-refractivity contribution in [3.8, 4) is 11.1 Å². The van der Waals surface area contributed by atoms with Crippen molar-refractivity contribution in [1.82, 2.24) is 10.2 Å². The predicted molar refractivity (Wildman–Crippen MR) is 128 cm³/mol. The molecule has 1 heterocycles. The molecule has 0 bridgehead atoms. The van der Waals surface area contributed by atoms with Crippen LogP contribution in [-0.2, 0) is 20.9 Å². The third kappa shape index (κ3) is 4.37. The number of hydrogen-bond acceptors (Lipinski definition) is 3. The van der Waals surface area contributed by atoms with Gasteiger partial charge < -0.3 is 15.1 Å². The monoisotopic (exact) mass is 441 g/mol. The number of nitrogens with zero attached hydrogens (tertiary/aromatic N) is 2. The van der Waals surface area contributed by atoms with Crippen LogP contribution < -0.4 is 10.2 Å². The molecule has 0 fully saturated rings. The Labute approximate surface area is 193 Å². The van der Waals surface area contributed by atoms with E-state index in [0.29, 0.717) is 12.1 Å². The van der Waals surface area contributed by atoms with E-state index in [4.69, 9.17) is 0 Å². The fraction of sp³-hybridized carbons (Fsp3) is 0.222. The third-order valence-corrected chi connectivity index (χ3v) is 6.09. The fourth-order valence-electron chi connectivity index (χ4n) is 4.22. The maximum atomic E-state index is 13.4. The molecule has 0 aliphatic carbocycles. The zero-order chi connectivity index (χ0) is 23.5. The maximum absolute atomic E-state index is 13.4. The zero-order valence-corrected chi connectivity index (χ0v) is 19.0. The summed E-state index contributed by atoms with van der Waals surface area (Å²) >= 11 is 0. The summed E-state index contributed by atoms with van der Waals surface area (Å²) in [5, 5.41) is 2.85. The number of anilines is 1. The number of hydrogen-bond donors (Lipinski definition) is 1. The Balaban J connectivity index is 1.57. The quantitative estimate of drug-likeness (QED) is 0.613. The van der Waals surface area contributed by atoms with Gasteiger partial charge in [0.2, 0.25) is 11.8 Å². The van der Waals surface area contributed by atoms with Crippen LogP contribution in [0.5, 0.6) is 0 Å². The molecule has 168 valence electrons. The molecule has 0 saturated heterocycles. The topological polar surface area (TPSA) is 69.7 Å². The first-order valence-electron chi connectivity index (χ1n) is 10.9. The van der Waals surface area contributed by atoms with Crippen molar-refractivity contribution in [3.05, 3.63) is 90.0 Å². The Morgan fingerprint density at radius 2 is 1.55 bits per heavy atom. The molecule has 1 aliphatic rings. The van der Waals surface area contributed by atoms with Gasteiger partial charge in [-0.1, -0.05) is 72.8 Å². The van der Waals surface area contributed by atoms with E-state index in [0.717, 1.165) is 22.4 Å². The Morgan fingerprint density at radius 3 is 2.27 bits per heavy atom. The van der Waals surface area contributed by atoms with E-state index in [1.54, 1.807) is 25.9 Å². The van der Waals surface area contributed by atoms with Gasteiger partial charge >= 0.3 is 0 Å². The second kappa shape index (κ2) is 9.28. The molecule has 0 spiro atoms. The number of para-hydroxylation sites is 1. The molecule has 0 saturated carbocycles. The van der Waals surface area contributed by atoms with Gasteiger partial charge in [-0.25, -0.2) is 0 Å². The summed E-state index contributed by atoms with van der Waals surface area (Å²) < 4.78 is 0. The van der Waals surface area contributed by atoms with Crippen molar-refractivity contribution in [2.24, 2.45) is 5.92 Å². The van der Waals surface area contributed by atoms with Gasteiger partial charge in [-0.2, -0.15) is 0 Å². The Bertz CT molecular complexity index is 1190. The molecule has 6 nitrogen and oxygen atoms in total. The van der Waals surface area contributed by atoms with Crippen LogP contribution in [0.15, 0.2) is 78.9 Å². The molecular formula is C27H27N3O3. The van der Waals surface area contributed by atoms with Crippen molar-refractivity contribution in [1.29, 1.82) is 0 Å². The van der Waals surface area contributed by atoms with Crippen molar-refractivity contribution in [3.63, 3.8) is 0 Å². The molecule has 0 aromatic heterocycles. The molecule has 1 N–H and O–H groups in total. The van der Waals surface area contributed by atoms with Crippen molar-refractivity contribution >= 4 is 23.4 Å². The average molecular weight is 442 g/mol. The van der Waals surface area contributed by atoms with E-state index in [1.165, 1.54) is 4.90 Å². The van der Waals surface area contributed by atoms with Crippen molar-refractivity contribution < 1.29 is 14.4 Å². The van der Waals surface area contributed by atoms with E-state index in [9.17, 15) is 14.4 Å². The van der Waals surface area contributed by atoms with E-state index in [1.807, 2.05) is 78.9 Å². The summed E-state index contributed by atoms with van der Waals surface area (Å²) in [6.07, 6.45) is 0. The molecule has 3 amide bonds. The summed E-state index contributed by atoms with van der Waals surface area (Å²) in [6, 6.07) is 23.9. The van der Waals surface area contributed by atoms with E-state index in [2.05, 4.69) is 5.32 Å². The SMILES string of the molecule is CC(C(=O)NC1C(=O)N(C)c2ccccc2-c2ccccc21)C(=O)N(C)Cc1ccccc1. The highest BCUT2D eigenvalue weighted by atomic mass is 16.2. The Hall–Kier alpha value is -3.93. The van der Waals surface area contributed by atoms with Crippen LogP contribution in [0.4, 0.5) is 5.69 Å². The van der Waals surface area contributed by atoms with Gasteiger partial charge in [-0.15, -0.1) is 0 Å². The number of benzene rings is 3. The van der Waals surface area contributed by atoms with Gasteiger partial charge in [-0.3, -0.25) is 14.4 Å². The predicted octanol–water partition coefficient (Wildman–Crippen LogP) is 3.78. The van der Waals surface area contributed by atoms with Crippen LogP contribution in [0.25, 0.3) is 11.1 Å². The Morgan fingerprint density at radius 1 is 0.939 bits per heavy atom. The highest BCUT2D eigenvalue weighted by Gasteiger charge is 2.35.